The maximum atomic E-state index is 12.3. The predicted molar refractivity (Wildman–Crippen MR) is 95.7 cm³/mol. The van der Waals surface area contributed by atoms with E-state index in [0.717, 1.165) is 19.3 Å². The van der Waals surface area contributed by atoms with Gasteiger partial charge in [0.05, 0.1) is 0 Å². The van der Waals surface area contributed by atoms with E-state index in [1.54, 1.807) is 0 Å². The lowest BCUT2D eigenvalue weighted by molar-refractivity contribution is -0.210. The monoisotopic (exact) mass is 340 g/mol. The van der Waals surface area contributed by atoms with Crippen molar-refractivity contribution in [3.05, 3.63) is 0 Å². The third kappa shape index (κ3) is 4.52. The molecule has 0 spiro atoms. The van der Waals surface area contributed by atoms with Crippen LogP contribution >= 0.6 is 0 Å². The predicted octanol–water partition coefficient (Wildman–Crippen LogP) is 4.91. The van der Waals surface area contributed by atoms with Crippen molar-refractivity contribution in [2.45, 2.75) is 86.7 Å². The van der Waals surface area contributed by atoms with Crippen molar-refractivity contribution in [2.24, 2.45) is 28.6 Å². The standard InChI is InChI=1S/C20H36O4/c1-9-20(24-17(23)12-16(21)22)14(18(3,4)5)10-13(2)11-15(20)19(6,7)8/h13-15H,9-12H2,1-8H3,(H,21,22). The SMILES string of the molecule is CCC1(OC(=O)CC(=O)O)C(C(C)(C)C)CC(C)CC1C(C)(C)C. The van der Waals surface area contributed by atoms with Crippen LogP contribution in [-0.4, -0.2) is 22.6 Å². The minimum atomic E-state index is -1.13. The molecule has 1 aliphatic rings. The molecule has 1 N–H and O–H groups in total. The van der Waals surface area contributed by atoms with E-state index in [9.17, 15) is 9.59 Å². The third-order valence-corrected chi connectivity index (χ3v) is 5.70. The van der Waals surface area contributed by atoms with Gasteiger partial charge in [-0.15, -0.1) is 0 Å². The molecule has 0 aromatic carbocycles. The second kappa shape index (κ2) is 7.05. The number of rotatable bonds is 4. The van der Waals surface area contributed by atoms with E-state index in [2.05, 4.69) is 55.4 Å². The summed E-state index contributed by atoms with van der Waals surface area (Å²) in [6.07, 6.45) is 2.16. The fraction of sp³-hybridized carbons (Fsp3) is 0.900. The molecule has 0 aromatic heterocycles. The normalized spacial score (nSPS) is 31.6. The summed E-state index contributed by atoms with van der Waals surface area (Å²) in [6.45, 7) is 17.5. The van der Waals surface area contributed by atoms with Crippen molar-refractivity contribution in [3.63, 3.8) is 0 Å². The molecule has 1 saturated carbocycles. The van der Waals surface area contributed by atoms with Gasteiger partial charge in [-0.1, -0.05) is 55.4 Å². The van der Waals surface area contributed by atoms with Gasteiger partial charge in [-0.25, -0.2) is 0 Å². The minimum Gasteiger partial charge on any atom is -0.481 e. The molecule has 1 rings (SSSR count). The average molecular weight is 341 g/mol. The van der Waals surface area contributed by atoms with E-state index in [1.807, 2.05) is 0 Å². The molecule has 4 heteroatoms. The number of carbonyl (C=O) groups excluding carboxylic acids is 1. The Kier molecular flexibility index (Phi) is 6.16. The highest BCUT2D eigenvalue weighted by molar-refractivity contribution is 5.90. The Balaban J connectivity index is 3.39. The van der Waals surface area contributed by atoms with Crippen LogP contribution in [0.2, 0.25) is 0 Å². The third-order valence-electron chi connectivity index (χ3n) is 5.70. The molecule has 24 heavy (non-hydrogen) atoms. The van der Waals surface area contributed by atoms with Crippen LogP contribution < -0.4 is 0 Å². The summed E-state index contributed by atoms with van der Waals surface area (Å²) in [4.78, 5) is 23.3. The van der Waals surface area contributed by atoms with Crippen LogP contribution in [0.3, 0.4) is 0 Å². The molecule has 1 aliphatic carbocycles. The van der Waals surface area contributed by atoms with Gasteiger partial charge in [0.2, 0.25) is 0 Å². The minimum absolute atomic E-state index is 0.0162. The highest BCUT2D eigenvalue weighted by atomic mass is 16.6. The summed E-state index contributed by atoms with van der Waals surface area (Å²) in [7, 11) is 0. The van der Waals surface area contributed by atoms with Crippen LogP contribution in [0.4, 0.5) is 0 Å². The van der Waals surface area contributed by atoms with Crippen LogP contribution in [0.5, 0.6) is 0 Å². The molecule has 0 bridgehead atoms. The number of carboxylic acids is 1. The van der Waals surface area contributed by atoms with Gasteiger partial charge in [-0.05, 0) is 36.0 Å². The van der Waals surface area contributed by atoms with Crippen LogP contribution in [0.25, 0.3) is 0 Å². The first-order valence-corrected chi connectivity index (χ1v) is 9.17. The van der Waals surface area contributed by atoms with Gasteiger partial charge in [0.15, 0.2) is 0 Å². The topological polar surface area (TPSA) is 63.6 Å². The van der Waals surface area contributed by atoms with Crippen molar-refractivity contribution in [1.29, 1.82) is 0 Å². The number of aliphatic carboxylic acids is 1. The molecule has 0 heterocycles. The summed E-state index contributed by atoms with van der Waals surface area (Å²) in [5, 5.41) is 8.96. The van der Waals surface area contributed by atoms with Gasteiger partial charge in [0, 0.05) is 11.8 Å². The molecule has 4 nitrogen and oxygen atoms in total. The summed E-state index contributed by atoms with van der Waals surface area (Å²) < 4.78 is 6.05. The second-order valence-corrected chi connectivity index (χ2v) is 9.77. The number of carbonyl (C=O) groups is 2. The number of hydrogen-bond acceptors (Lipinski definition) is 3. The number of ether oxygens (including phenoxy) is 1. The van der Waals surface area contributed by atoms with Crippen LogP contribution in [0, 0.1) is 28.6 Å². The first kappa shape index (κ1) is 21.0. The average Bonchev–Trinajstić information content (AvgIpc) is 2.36. The van der Waals surface area contributed by atoms with Gasteiger partial charge in [-0.3, -0.25) is 9.59 Å². The Morgan fingerprint density at radius 3 is 1.75 bits per heavy atom. The zero-order valence-corrected chi connectivity index (χ0v) is 16.7. The molecule has 0 amide bonds. The van der Waals surface area contributed by atoms with Crippen LogP contribution in [0.15, 0.2) is 0 Å². The number of carboxylic acid groups (broad SMARTS) is 1. The maximum absolute atomic E-state index is 12.3. The maximum Gasteiger partial charge on any atom is 0.317 e. The second-order valence-electron chi connectivity index (χ2n) is 9.77. The highest BCUT2D eigenvalue weighted by Gasteiger charge is 2.57. The smallest absolute Gasteiger partial charge is 0.317 e. The molecule has 1 fully saturated rings. The van der Waals surface area contributed by atoms with Gasteiger partial charge in [-0.2, -0.15) is 0 Å². The van der Waals surface area contributed by atoms with Crippen LogP contribution in [-0.2, 0) is 14.3 Å². The largest absolute Gasteiger partial charge is 0.481 e. The van der Waals surface area contributed by atoms with E-state index in [1.165, 1.54) is 0 Å². The van der Waals surface area contributed by atoms with E-state index < -0.39 is 24.0 Å². The van der Waals surface area contributed by atoms with E-state index >= 15 is 0 Å². The van der Waals surface area contributed by atoms with Crippen molar-refractivity contribution in [1.82, 2.24) is 0 Å². The Bertz CT molecular complexity index is 443. The zero-order valence-electron chi connectivity index (χ0n) is 16.7. The van der Waals surface area contributed by atoms with Gasteiger partial charge < -0.3 is 9.84 Å². The lowest BCUT2D eigenvalue weighted by atomic mass is 9.51. The van der Waals surface area contributed by atoms with E-state index in [4.69, 9.17) is 9.84 Å². The molecule has 0 saturated heterocycles. The first-order valence-electron chi connectivity index (χ1n) is 9.17. The molecule has 0 aromatic rings. The summed E-state index contributed by atoms with van der Waals surface area (Å²) in [6, 6.07) is 0. The van der Waals surface area contributed by atoms with Gasteiger partial charge >= 0.3 is 11.9 Å². The van der Waals surface area contributed by atoms with Crippen molar-refractivity contribution < 1.29 is 19.4 Å². The zero-order chi connectivity index (χ0) is 18.9. The molecule has 2 unspecified atom stereocenters. The quantitative estimate of drug-likeness (QED) is 0.583. The Hall–Kier alpha value is -1.06. The first-order chi connectivity index (χ1) is 10.7. The molecule has 2 atom stereocenters. The molecule has 0 aliphatic heterocycles. The summed E-state index contributed by atoms with van der Waals surface area (Å²) in [5.41, 5.74) is -0.634. The Morgan fingerprint density at radius 2 is 1.46 bits per heavy atom. The molecule has 0 radical (unpaired) electrons. The summed E-state index contributed by atoms with van der Waals surface area (Å²) in [5.74, 6) is -0.754. The van der Waals surface area contributed by atoms with E-state index in [0.29, 0.717) is 5.92 Å². The van der Waals surface area contributed by atoms with Crippen molar-refractivity contribution in [2.75, 3.05) is 0 Å². The Labute approximate surface area is 147 Å². The lowest BCUT2D eigenvalue weighted by Crippen LogP contribution is -2.59. The van der Waals surface area contributed by atoms with Crippen molar-refractivity contribution >= 4 is 11.9 Å². The highest BCUT2D eigenvalue weighted by Crippen LogP contribution is 2.57. The molecular weight excluding hydrogens is 304 g/mol. The van der Waals surface area contributed by atoms with Crippen LogP contribution in [0.1, 0.15) is 81.1 Å². The van der Waals surface area contributed by atoms with Gasteiger partial charge in [0.25, 0.3) is 0 Å². The van der Waals surface area contributed by atoms with Gasteiger partial charge in [0.1, 0.15) is 12.0 Å². The van der Waals surface area contributed by atoms with E-state index in [-0.39, 0.29) is 22.7 Å². The number of esters is 1. The number of hydrogen-bond donors (Lipinski definition) is 1. The fourth-order valence-corrected chi connectivity index (χ4v) is 4.79. The lowest BCUT2D eigenvalue weighted by Gasteiger charge is -2.58. The Morgan fingerprint density at radius 1 is 1.04 bits per heavy atom. The van der Waals surface area contributed by atoms with Crippen molar-refractivity contribution in [3.8, 4) is 0 Å². The molecular formula is C20H36O4. The fourth-order valence-electron chi connectivity index (χ4n) is 4.79. The molecule has 140 valence electrons. The summed E-state index contributed by atoms with van der Waals surface area (Å²) >= 11 is 0.